The summed E-state index contributed by atoms with van der Waals surface area (Å²) < 4.78 is 0. The third-order valence-electron chi connectivity index (χ3n) is 4.40. The number of unbranched alkanes of at least 4 members (excludes halogenated alkanes) is 1. The maximum atomic E-state index is 4.84. The first kappa shape index (κ1) is 15.8. The van der Waals surface area contributed by atoms with Gasteiger partial charge < -0.3 is 9.80 Å². The fourth-order valence-electron chi connectivity index (χ4n) is 2.94. The van der Waals surface area contributed by atoms with Gasteiger partial charge in [-0.1, -0.05) is 43.7 Å². The molecule has 1 saturated heterocycles. The molecule has 1 aliphatic heterocycles. The molecule has 2 heterocycles. The van der Waals surface area contributed by atoms with Crippen molar-refractivity contribution in [3.63, 3.8) is 0 Å². The standard InChI is InChI=1S/C19H26N4/c1-3-4-12-22(2)18-15-17(16-10-6-5-7-11-16)20-19(21-18)23-13-8-9-14-23/h5-7,10-11,15H,3-4,8-9,12-14H2,1-2H3. The molecule has 0 bridgehead atoms. The highest BCUT2D eigenvalue weighted by Gasteiger charge is 2.18. The summed E-state index contributed by atoms with van der Waals surface area (Å²) in [5, 5.41) is 0. The second kappa shape index (κ2) is 7.44. The second-order valence-corrected chi connectivity index (χ2v) is 6.25. The minimum absolute atomic E-state index is 0.877. The van der Waals surface area contributed by atoms with Crippen LogP contribution in [0.25, 0.3) is 11.3 Å². The van der Waals surface area contributed by atoms with Crippen LogP contribution in [-0.2, 0) is 0 Å². The molecule has 1 fully saturated rings. The number of rotatable bonds is 6. The lowest BCUT2D eigenvalue weighted by Crippen LogP contribution is -2.24. The molecular weight excluding hydrogens is 284 g/mol. The van der Waals surface area contributed by atoms with E-state index in [1.165, 1.54) is 25.7 Å². The molecule has 0 N–H and O–H groups in total. The summed E-state index contributed by atoms with van der Waals surface area (Å²) in [6.45, 7) is 5.38. The molecule has 23 heavy (non-hydrogen) atoms. The van der Waals surface area contributed by atoms with E-state index in [4.69, 9.17) is 9.97 Å². The SMILES string of the molecule is CCCCN(C)c1cc(-c2ccccc2)nc(N2CCCC2)n1. The van der Waals surface area contributed by atoms with Crippen molar-refractivity contribution in [1.82, 2.24) is 9.97 Å². The average molecular weight is 310 g/mol. The molecule has 0 atom stereocenters. The summed E-state index contributed by atoms with van der Waals surface area (Å²) >= 11 is 0. The van der Waals surface area contributed by atoms with Crippen molar-refractivity contribution >= 4 is 11.8 Å². The van der Waals surface area contributed by atoms with Gasteiger partial charge in [-0.2, -0.15) is 4.98 Å². The minimum atomic E-state index is 0.877. The van der Waals surface area contributed by atoms with Crippen LogP contribution in [0.3, 0.4) is 0 Å². The molecule has 4 nitrogen and oxygen atoms in total. The fourth-order valence-corrected chi connectivity index (χ4v) is 2.94. The van der Waals surface area contributed by atoms with Gasteiger partial charge in [0, 0.05) is 38.3 Å². The van der Waals surface area contributed by atoms with Crippen LogP contribution in [0, 0.1) is 0 Å². The zero-order valence-electron chi connectivity index (χ0n) is 14.2. The van der Waals surface area contributed by atoms with Crippen LogP contribution in [0.15, 0.2) is 36.4 Å². The van der Waals surface area contributed by atoms with E-state index in [1.54, 1.807) is 0 Å². The Morgan fingerprint density at radius 3 is 2.52 bits per heavy atom. The maximum Gasteiger partial charge on any atom is 0.227 e. The lowest BCUT2D eigenvalue weighted by atomic mass is 10.1. The summed E-state index contributed by atoms with van der Waals surface area (Å²) in [5.41, 5.74) is 2.17. The monoisotopic (exact) mass is 310 g/mol. The highest BCUT2D eigenvalue weighted by molar-refractivity contribution is 5.65. The van der Waals surface area contributed by atoms with Crippen molar-refractivity contribution in [3.8, 4) is 11.3 Å². The van der Waals surface area contributed by atoms with Crippen molar-refractivity contribution in [2.45, 2.75) is 32.6 Å². The molecule has 0 unspecified atom stereocenters. The lowest BCUT2D eigenvalue weighted by Gasteiger charge is -2.22. The van der Waals surface area contributed by atoms with E-state index in [-0.39, 0.29) is 0 Å². The molecule has 2 aromatic rings. The van der Waals surface area contributed by atoms with E-state index >= 15 is 0 Å². The predicted molar refractivity (Wildman–Crippen MR) is 97.1 cm³/mol. The molecule has 0 spiro atoms. The quantitative estimate of drug-likeness (QED) is 0.808. The molecule has 0 aliphatic carbocycles. The molecule has 3 rings (SSSR count). The maximum absolute atomic E-state index is 4.84. The van der Waals surface area contributed by atoms with Crippen LogP contribution in [0.1, 0.15) is 32.6 Å². The topological polar surface area (TPSA) is 32.3 Å². The first-order chi connectivity index (χ1) is 11.3. The molecule has 1 aromatic carbocycles. The number of hydrogen-bond donors (Lipinski definition) is 0. The summed E-state index contributed by atoms with van der Waals surface area (Å²) in [6, 6.07) is 12.5. The van der Waals surface area contributed by atoms with Crippen LogP contribution >= 0.6 is 0 Å². The van der Waals surface area contributed by atoms with Gasteiger partial charge in [-0.25, -0.2) is 4.98 Å². The predicted octanol–water partition coefficient (Wildman–Crippen LogP) is 3.98. The fraction of sp³-hybridized carbons (Fsp3) is 0.474. The van der Waals surface area contributed by atoms with Gasteiger partial charge in [0.2, 0.25) is 5.95 Å². The Bertz CT molecular complexity index is 621. The van der Waals surface area contributed by atoms with Crippen molar-refractivity contribution in [3.05, 3.63) is 36.4 Å². The molecule has 0 radical (unpaired) electrons. The van der Waals surface area contributed by atoms with Gasteiger partial charge in [-0.05, 0) is 19.3 Å². The highest BCUT2D eigenvalue weighted by Crippen LogP contribution is 2.26. The van der Waals surface area contributed by atoms with E-state index in [9.17, 15) is 0 Å². The van der Waals surface area contributed by atoms with E-state index in [0.29, 0.717) is 0 Å². The van der Waals surface area contributed by atoms with Crippen molar-refractivity contribution < 1.29 is 0 Å². The zero-order chi connectivity index (χ0) is 16.1. The highest BCUT2D eigenvalue weighted by atomic mass is 15.3. The average Bonchev–Trinajstić information content (AvgIpc) is 3.14. The van der Waals surface area contributed by atoms with Gasteiger partial charge in [0.1, 0.15) is 5.82 Å². The first-order valence-corrected chi connectivity index (χ1v) is 8.68. The van der Waals surface area contributed by atoms with Gasteiger partial charge in [0.15, 0.2) is 0 Å². The van der Waals surface area contributed by atoms with E-state index in [1.807, 2.05) is 6.07 Å². The Labute approximate surface area is 139 Å². The second-order valence-electron chi connectivity index (χ2n) is 6.25. The summed E-state index contributed by atoms with van der Waals surface area (Å²) in [7, 11) is 2.13. The van der Waals surface area contributed by atoms with Gasteiger partial charge in [-0.15, -0.1) is 0 Å². The Morgan fingerprint density at radius 1 is 1.09 bits per heavy atom. The summed E-state index contributed by atoms with van der Waals surface area (Å²) in [4.78, 5) is 14.2. The first-order valence-electron chi connectivity index (χ1n) is 8.68. The van der Waals surface area contributed by atoms with Crippen LogP contribution in [0.5, 0.6) is 0 Å². The third-order valence-corrected chi connectivity index (χ3v) is 4.40. The third kappa shape index (κ3) is 3.81. The van der Waals surface area contributed by atoms with E-state index < -0.39 is 0 Å². The van der Waals surface area contributed by atoms with Gasteiger partial charge in [0.05, 0.1) is 5.69 Å². The van der Waals surface area contributed by atoms with Gasteiger partial charge >= 0.3 is 0 Å². The Hall–Kier alpha value is -2.10. The minimum Gasteiger partial charge on any atom is -0.359 e. The van der Waals surface area contributed by atoms with Crippen LogP contribution < -0.4 is 9.80 Å². The van der Waals surface area contributed by atoms with Crippen LogP contribution in [-0.4, -0.2) is 36.6 Å². The smallest absolute Gasteiger partial charge is 0.227 e. The van der Waals surface area contributed by atoms with Crippen molar-refractivity contribution in [2.24, 2.45) is 0 Å². The van der Waals surface area contributed by atoms with Gasteiger partial charge in [-0.3, -0.25) is 0 Å². The van der Waals surface area contributed by atoms with Gasteiger partial charge in [0.25, 0.3) is 0 Å². The number of benzene rings is 1. The normalized spacial score (nSPS) is 14.3. The Kier molecular flexibility index (Phi) is 5.11. The summed E-state index contributed by atoms with van der Waals surface area (Å²) in [5.74, 6) is 1.90. The molecular formula is C19H26N4. The Morgan fingerprint density at radius 2 is 1.83 bits per heavy atom. The van der Waals surface area contributed by atoms with Crippen LogP contribution in [0.4, 0.5) is 11.8 Å². The van der Waals surface area contributed by atoms with Crippen molar-refractivity contribution in [2.75, 3.05) is 36.5 Å². The number of anilines is 2. The summed E-state index contributed by atoms with van der Waals surface area (Å²) in [6.07, 6.45) is 4.85. The lowest BCUT2D eigenvalue weighted by molar-refractivity contribution is 0.756. The Balaban J connectivity index is 1.96. The van der Waals surface area contributed by atoms with E-state index in [2.05, 4.69) is 54.1 Å². The molecule has 0 amide bonds. The largest absolute Gasteiger partial charge is 0.359 e. The molecule has 1 aliphatic rings. The molecule has 0 saturated carbocycles. The zero-order valence-corrected chi connectivity index (χ0v) is 14.2. The molecule has 4 heteroatoms. The van der Waals surface area contributed by atoms with Crippen LogP contribution in [0.2, 0.25) is 0 Å². The number of hydrogen-bond acceptors (Lipinski definition) is 4. The number of nitrogens with zero attached hydrogens (tertiary/aromatic N) is 4. The van der Waals surface area contributed by atoms with Crippen molar-refractivity contribution in [1.29, 1.82) is 0 Å². The molecule has 122 valence electrons. The van der Waals surface area contributed by atoms with E-state index in [0.717, 1.165) is 42.7 Å². The molecule has 1 aromatic heterocycles. The number of aromatic nitrogens is 2.